The summed E-state index contributed by atoms with van der Waals surface area (Å²) in [4.78, 5) is 16.3. The third kappa shape index (κ3) is 5.11. The second-order valence-electron chi connectivity index (χ2n) is 6.26. The Morgan fingerprint density at radius 1 is 1.27 bits per heavy atom. The number of pyridine rings is 1. The van der Waals surface area contributed by atoms with E-state index < -0.39 is 0 Å². The Hall–Kier alpha value is -0.840. The summed E-state index contributed by atoms with van der Waals surface area (Å²) in [6, 6.07) is 5.32. The van der Waals surface area contributed by atoms with Crippen molar-refractivity contribution >= 4 is 30.7 Å². The van der Waals surface area contributed by atoms with Crippen LogP contribution in [0.4, 0.5) is 0 Å². The molecule has 22 heavy (non-hydrogen) atoms. The highest BCUT2D eigenvalue weighted by atomic mass is 35.5. The van der Waals surface area contributed by atoms with Crippen LogP contribution in [0.2, 0.25) is 0 Å². The number of nitrogens with zero attached hydrogens (tertiary/aromatic N) is 1. The average molecular weight is 346 g/mol. The molecule has 3 heterocycles. The van der Waals surface area contributed by atoms with Crippen LogP contribution in [0.3, 0.4) is 0 Å². The van der Waals surface area contributed by atoms with Crippen molar-refractivity contribution in [1.82, 2.24) is 15.6 Å². The van der Waals surface area contributed by atoms with E-state index in [0.29, 0.717) is 31.0 Å². The minimum Gasteiger partial charge on any atom is -0.352 e. The van der Waals surface area contributed by atoms with Crippen LogP contribution >= 0.6 is 24.8 Å². The van der Waals surface area contributed by atoms with Crippen LogP contribution in [0.25, 0.3) is 0 Å². The first kappa shape index (κ1) is 19.2. The average Bonchev–Trinajstić information content (AvgIpc) is 2.77. The van der Waals surface area contributed by atoms with Gasteiger partial charge in [-0.2, -0.15) is 0 Å². The SMILES string of the molecule is Cc1ccc(CNC(=O)CC2CC3CCC(C2)N3)cn1.Cl.Cl. The topological polar surface area (TPSA) is 54.0 Å². The largest absolute Gasteiger partial charge is 0.352 e. The molecule has 124 valence electrons. The van der Waals surface area contributed by atoms with Gasteiger partial charge in [0.05, 0.1) is 0 Å². The number of piperidine rings is 1. The van der Waals surface area contributed by atoms with Crippen molar-refractivity contribution in [3.8, 4) is 0 Å². The molecule has 2 atom stereocenters. The lowest BCUT2D eigenvalue weighted by Gasteiger charge is -2.28. The van der Waals surface area contributed by atoms with Crippen LogP contribution in [-0.4, -0.2) is 23.0 Å². The monoisotopic (exact) mass is 345 g/mol. The Balaban J connectivity index is 0.00000121. The van der Waals surface area contributed by atoms with Gasteiger partial charge in [0.25, 0.3) is 0 Å². The molecule has 4 nitrogen and oxygen atoms in total. The van der Waals surface area contributed by atoms with Crippen molar-refractivity contribution in [3.05, 3.63) is 29.6 Å². The Morgan fingerprint density at radius 2 is 1.95 bits per heavy atom. The molecule has 2 bridgehead atoms. The number of fused-ring (bicyclic) bond motifs is 2. The molecular formula is C16H25Cl2N3O. The summed E-state index contributed by atoms with van der Waals surface area (Å²) < 4.78 is 0. The van der Waals surface area contributed by atoms with E-state index in [1.54, 1.807) is 0 Å². The van der Waals surface area contributed by atoms with Crippen LogP contribution in [0.5, 0.6) is 0 Å². The summed E-state index contributed by atoms with van der Waals surface area (Å²) in [6.07, 6.45) is 7.41. The smallest absolute Gasteiger partial charge is 0.220 e. The van der Waals surface area contributed by atoms with E-state index >= 15 is 0 Å². The number of aryl methyl sites for hydroxylation is 1. The normalized spacial score (nSPS) is 25.8. The molecule has 3 rings (SSSR count). The van der Waals surface area contributed by atoms with Crippen molar-refractivity contribution in [3.63, 3.8) is 0 Å². The first-order chi connectivity index (χ1) is 9.69. The molecule has 2 saturated heterocycles. The second-order valence-corrected chi connectivity index (χ2v) is 6.26. The van der Waals surface area contributed by atoms with Crippen LogP contribution in [0.15, 0.2) is 18.3 Å². The van der Waals surface area contributed by atoms with Crippen molar-refractivity contribution in [2.24, 2.45) is 5.92 Å². The molecule has 6 heteroatoms. The van der Waals surface area contributed by atoms with Gasteiger partial charge in [-0.05, 0) is 50.2 Å². The first-order valence-electron chi connectivity index (χ1n) is 7.63. The summed E-state index contributed by atoms with van der Waals surface area (Å²) in [7, 11) is 0. The Bertz CT molecular complexity index is 469. The zero-order chi connectivity index (χ0) is 13.9. The van der Waals surface area contributed by atoms with Gasteiger partial charge in [-0.3, -0.25) is 9.78 Å². The maximum Gasteiger partial charge on any atom is 0.220 e. The molecule has 0 aromatic carbocycles. The summed E-state index contributed by atoms with van der Waals surface area (Å²) in [5.74, 6) is 0.738. The van der Waals surface area contributed by atoms with Crippen molar-refractivity contribution < 1.29 is 4.79 Å². The van der Waals surface area contributed by atoms with E-state index in [1.807, 2.05) is 25.3 Å². The van der Waals surface area contributed by atoms with Gasteiger partial charge in [0.15, 0.2) is 0 Å². The quantitative estimate of drug-likeness (QED) is 0.882. The molecule has 0 saturated carbocycles. The fourth-order valence-corrected chi connectivity index (χ4v) is 3.48. The lowest BCUT2D eigenvalue weighted by molar-refractivity contribution is -0.122. The first-order valence-corrected chi connectivity index (χ1v) is 7.63. The van der Waals surface area contributed by atoms with Crippen LogP contribution in [0, 0.1) is 12.8 Å². The van der Waals surface area contributed by atoms with E-state index in [2.05, 4.69) is 15.6 Å². The van der Waals surface area contributed by atoms with Crippen LogP contribution in [0.1, 0.15) is 43.4 Å². The molecule has 0 spiro atoms. The minimum atomic E-state index is 0. The fraction of sp³-hybridized carbons (Fsp3) is 0.625. The third-order valence-corrected chi connectivity index (χ3v) is 4.51. The van der Waals surface area contributed by atoms with E-state index in [4.69, 9.17) is 0 Å². The second kappa shape index (κ2) is 8.70. The van der Waals surface area contributed by atoms with Gasteiger partial charge in [-0.25, -0.2) is 0 Å². The Morgan fingerprint density at radius 3 is 2.55 bits per heavy atom. The third-order valence-electron chi connectivity index (χ3n) is 4.51. The summed E-state index contributed by atoms with van der Waals surface area (Å²) >= 11 is 0. The predicted octanol–water partition coefficient (Wildman–Crippen LogP) is 2.77. The minimum absolute atomic E-state index is 0. The molecule has 2 aliphatic heterocycles. The van der Waals surface area contributed by atoms with Crippen molar-refractivity contribution in [2.45, 2.75) is 57.7 Å². The van der Waals surface area contributed by atoms with Gasteiger partial charge in [0.1, 0.15) is 0 Å². The molecule has 1 amide bonds. The predicted molar refractivity (Wildman–Crippen MR) is 92.6 cm³/mol. The number of carbonyl (C=O) groups is 1. The number of aromatic nitrogens is 1. The van der Waals surface area contributed by atoms with E-state index in [0.717, 1.165) is 24.1 Å². The standard InChI is InChI=1S/C16H23N3O.2ClH/c1-11-2-3-12(9-17-11)10-18-16(20)8-13-6-14-4-5-15(7-13)19-14;;/h2-3,9,13-15,19H,4-8,10H2,1H3,(H,18,20);2*1H. The lowest BCUT2D eigenvalue weighted by Crippen LogP contribution is -2.39. The number of amides is 1. The van der Waals surface area contributed by atoms with Gasteiger partial charge in [-0.15, -0.1) is 24.8 Å². The Labute approximate surface area is 144 Å². The molecule has 1 aromatic rings. The Kier molecular flexibility index (Phi) is 7.60. The zero-order valence-corrected chi connectivity index (χ0v) is 14.5. The molecule has 2 fully saturated rings. The summed E-state index contributed by atoms with van der Waals surface area (Å²) in [5, 5.41) is 6.63. The van der Waals surface area contributed by atoms with Gasteiger partial charge < -0.3 is 10.6 Å². The highest BCUT2D eigenvalue weighted by Crippen LogP contribution is 2.32. The molecule has 0 aliphatic carbocycles. The lowest BCUT2D eigenvalue weighted by atomic mass is 9.89. The molecule has 2 aliphatic rings. The summed E-state index contributed by atoms with van der Waals surface area (Å²) in [5.41, 5.74) is 2.07. The van der Waals surface area contributed by atoms with Gasteiger partial charge in [-0.1, -0.05) is 6.07 Å². The number of hydrogen-bond donors (Lipinski definition) is 2. The maximum atomic E-state index is 12.0. The summed E-state index contributed by atoms with van der Waals surface area (Å²) in [6.45, 7) is 2.55. The molecule has 2 N–H and O–H groups in total. The van der Waals surface area contributed by atoms with Gasteiger partial charge >= 0.3 is 0 Å². The molecule has 2 unspecified atom stereocenters. The number of carbonyl (C=O) groups excluding carboxylic acids is 1. The number of halogens is 2. The highest BCUT2D eigenvalue weighted by Gasteiger charge is 2.34. The van der Waals surface area contributed by atoms with E-state index in [9.17, 15) is 4.79 Å². The maximum absolute atomic E-state index is 12.0. The van der Waals surface area contributed by atoms with Gasteiger partial charge in [0.2, 0.25) is 5.91 Å². The number of nitrogens with one attached hydrogen (secondary N) is 2. The number of hydrogen-bond acceptors (Lipinski definition) is 3. The highest BCUT2D eigenvalue weighted by molar-refractivity contribution is 5.85. The fourth-order valence-electron chi connectivity index (χ4n) is 3.48. The molecule has 1 aromatic heterocycles. The van der Waals surface area contributed by atoms with Crippen LogP contribution in [-0.2, 0) is 11.3 Å². The molecular weight excluding hydrogens is 321 g/mol. The van der Waals surface area contributed by atoms with Gasteiger partial charge in [0, 0.05) is 36.9 Å². The molecule has 0 radical (unpaired) electrons. The van der Waals surface area contributed by atoms with Crippen molar-refractivity contribution in [1.29, 1.82) is 0 Å². The zero-order valence-electron chi connectivity index (χ0n) is 12.9. The van der Waals surface area contributed by atoms with Crippen molar-refractivity contribution in [2.75, 3.05) is 0 Å². The van der Waals surface area contributed by atoms with E-state index in [-0.39, 0.29) is 30.7 Å². The van der Waals surface area contributed by atoms with E-state index in [1.165, 1.54) is 12.8 Å². The number of rotatable bonds is 4. The van der Waals surface area contributed by atoms with Crippen LogP contribution < -0.4 is 10.6 Å².